The van der Waals surface area contributed by atoms with Crippen LogP contribution in [0.4, 0.5) is 0 Å². The van der Waals surface area contributed by atoms with E-state index in [4.69, 9.17) is 23.2 Å². The maximum absolute atomic E-state index is 12.4. The zero-order valence-corrected chi connectivity index (χ0v) is 13.3. The molecule has 0 saturated carbocycles. The first kappa shape index (κ1) is 13.2. The van der Waals surface area contributed by atoms with Gasteiger partial charge in [0, 0.05) is 38.6 Å². The Balaban J connectivity index is 2.18. The normalized spacial score (nSPS) is 11.1. The summed E-state index contributed by atoms with van der Waals surface area (Å²) in [4.78, 5) is 15.5. The van der Waals surface area contributed by atoms with Gasteiger partial charge in [-0.25, -0.2) is 0 Å². The molecular formula is C13H6BrCl2NOS. The molecule has 0 saturated heterocycles. The largest absolute Gasteiger partial charge is 0.360 e. The van der Waals surface area contributed by atoms with E-state index in [1.165, 1.54) is 11.3 Å². The Bertz CT molecular complexity index is 793. The molecule has 0 aliphatic rings. The molecule has 3 rings (SSSR count). The van der Waals surface area contributed by atoms with Gasteiger partial charge in [-0.2, -0.15) is 0 Å². The summed E-state index contributed by atoms with van der Waals surface area (Å²) < 4.78 is 0.921. The van der Waals surface area contributed by atoms with Crippen molar-refractivity contribution >= 4 is 67.2 Å². The van der Waals surface area contributed by atoms with E-state index < -0.39 is 0 Å². The first-order chi connectivity index (χ1) is 9.06. The molecule has 1 N–H and O–H groups in total. The predicted octanol–water partition coefficient (Wildman–Crippen LogP) is 5.53. The van der Waals surface area contributed by atoms with Crippen LogP contribution in [0.15, 0.2) is 33.6 Å². The highest BCUT2D eigenvalue weighted by Crippen LogP contribution is 2.32. The SMILES string of the molecule is O=C(c1csc(Br)c1)c1c[nH]c2cc(Cl)cc(Cl)c12. The number of hydrogen-bond acceptors (Lipinski definition) is 2. The number of H-pyrrole nitrogens is 1. The third kappa shape index (κ3) is 2.34. The van der Waals surface area contributed by atoms with Gasteiger partial charge in [0.05, 0.1) is 8.81 Å². The van der Waals surface area contributed by atoms with Crippen molar-refractivity contribution in [3.8, 4) is 0 Å². The number of carbonyl (C=O) groups excluding carboxylic acids is 1. The van der Waals surface area contributed by atoms with Crippen LogP contribution in [0.1, 0.15) is 15.9 Å². The molecule has 0 radical (unpaired) electrons. The topological polar surface area (TPSA) is 32.9 Å². The summed E-state index contributed by atoms with van der Waals surface area (Å²) in [6.45, 7) is 0. The third-order valence-corrected chi connectivity index (χ3v) is 4.79. The minimum absolute atomic E-state index is 0.0579. The summed E-state index contributed by atoms with van der Waals surface area (Å²) in [5.74, 6) is -0.0579. The highest BCUT2D eigenvalue weighted by atomic mass is 79.9. The lowest BCUT2D eigenvalue weighted by atomic mass is 10.1. The Hall–Kier alpha value is -0.810. The number of halogens is 3. The Morgan fingerprint density at radius 1 is 1.26 bits per heavy atom. The molecule has 0 fully saturated rings. The van der Waals surface area contributed by atoms with E-state index in [9.17, 15) is 4.79 Å². The van der Waals surface area contributed by atoms with Crippen LogP contribution in [0.2, 0.25) is 10.0 Å². The van der Waals surface area contributed by atoms with Gasteiger partial charge < -0.3 is 4.98 Å². The fourth-order valence-corrected chi connectivity index (χ4v) is 3.68. The second-order valence-electron chi connectivity index (χ2n) is 3.98. The number of aromatic nitrogens is 1. The molecule has 0 unspecified atom stereocenters. The lowest BCUT2D eigenvalue weighted by molar-refractivity contribution is 0.104. The summed E-state index contributed by atoms with van der Waals surface area (Å²) in [6, 6.07) is 5.19. The number of nitrogens with one attached hydrogen (secondary N) is 1. The zero-order valence-electron chi connectivity index (χ0n) is 9.34. The number of rotatable bonds is 2. The number of ketones is 1. The Morgan fingerprint density at radius 3 is 2.74 bits per heavy atom. The van der Waals surface area contributed by atoms with Crippen LogP contribution in [0.3, 0.4) is 0 Å². The number of benzene rings is 1. The van der Waals surface area contributed by atoms with Gasteiger partial charge in [-0.3, -0.25) is 4.79 Å². The van der Waals surface area contributed by atoms with E-state index in [0.29, 0.717) is 26.6 Å². The Kier molecular flexibility index (Phi) is 3.43. The summed E-state index contributed by atoms with van der Waals surface area (Å²) in [5, 5.41) is 3.53. The molecule has 1 aromatic carbocycles. The molecule has 0 bridgehead atoms. The summed E-state index contributed by atoms with van der Waals surface area (Å²) in [6.07, 6.45) is 1.67. The molecule has 0 aliphatic heterocycles. The van der Waals surface area contributed by atoms with Crippen LogP contribution in [-0.2, 0) is 0 Å². The van der Waals surface area contributed by atoms with Crippen molar-refractivity contribution < 1.29 is 4.79 Å². The van der Waals surface area contributed by atoms with Gasteiger partial charge in [-0.1, -0.05) is 23.2 Å². The van der Waals surface area contributed by atoms with Gasteiger partial charge in [-0.05, 0) is 34.1 Å². The predicted molar refractivity (Wildman–Crippen MR) is 83.8 cm³/mol. The van der Waals surface area contributed by atoms with Gasteiger partial charge in [0.2, 0.25) is 0 Å². The van der Waals surface area contributed by atoms with Crippen molar-refractivity contribution in [3.63, 3.8) is 0 Å². The molecule has 0 atom stereocenters. The molecule has 2 nitrogen and oxygen atoms in total. The maximum atomic E-state index is 12.4. The van der Waals surface area contributed by atoms with Crippen LogP contribution < -0.4 is 0 Å². The average molecular weight is 375 g/mol. The molecular weight excluding hydrogens is 369 g/mol. The molecule has 19 heavy (non-hydrogen) atoms. The van der Waals surface area contributed by atoms with Gasteiger partial charge in [-0.15, -0.1) is 11.3 Å². The van der Waals surface area contributed by atoms with Crippen LogP contribution in [0.25, 0.3) is 10.9 Å². The smallest absolute Gasteiger partial charge is 0.196 e. The van der Waals surface area contributed by atoms with Gasteiger partial charge >= 0.3 is 0 Å². The van der Waals surface area contributed by atoms with Crippen molar-refractivity contribution in [2.75, 3.05) is 0 Å². The molecule has 0 amide bonds. The number of thiophene rings is 1. The maximum Gasteiger partial charge on any atom is 0.196 e. The number of hydrogen-bond donors (Lipinski definition) is 1. The lowest BCUT2D eigenvalue weighted by Gasteiger charge is -2.00. The van der Waals surface area contributed by atoms with Crippen molar-refractivity contribution in [1.82, 2.24) is 4.98 Å². The first-order valence-electron chi connectivity index (χ1n) is 5.31. The Labute approximate surface area is 131 Å². The molecule has 96 valence electrons. The van der Waals surface area contributed by atoms with Crippen molar-refractivity contribution in [2.45, 2.75) is 0 Å². The number of carbonyl (C=O) groups is 1. The molecule has 2 aromatic heterocycles. The van der Waals surface area contributed by atoms with Crippen molar-refractivity contribution in [1.29, 1.82) is 0 Å². The Morgan fingerprint density at radius 2 is 2.05 bits per heavy atom. The van der Waals surface area contributed by atoms with Crippen LogP contribution in [-0.4, -0.2) is 10.8 Å². The molecule has 2 heterocycles. The van der Waals surface area contributed by atoms with Crippen molar-refractivity contribution in [3.05, 3.63) is 54.7 Å². The van der Waals surface area contributed by atoms with Crippen LogP contribution >= 0.6 is 50.5 Å². The van der Waals surface area contributed by atoms with E-state index in [1.807, 2.05) is 5.38 Å². The quantitative estimate of drug-likeness (QED) is 0.587. The minimum atomic E-state index is -0.0579. The fraction of sp³-hybridized carbons (Fsp3) is 0. The molecule has 6 heteroatoms. The summed E-state index contributed by atoms with van der Waals surface area (Å²) in [7, 11) is 0. The number of fused-ring (bicyclic) bond motifs is 1. The highest BCUT2D eigenvalue weighted by molar-refractivity contribution is 9.11. The highest BCUT2D eigenvalue weighted by Gasteiger charge is 2.17. The van der Waals surface area contributed by atoms with Gasteiger partial charge in [0.15, 0.2) is 5.78 Å². The first-order valence-corrected chi connectivity index (χ1v) is 7.74. The van der Waals surface area contributed by atoms with Crippen molar-refractivity contribution in [2.24, 2.45) is 0 Å². The van der Waals surface area contributed by atoms with Crippen LogP contribution in [0.5, 0.6) is 0 Å². The fourth-order valence-electron chi connectivity index (χ4n) is 1.95. The average Bonchev–Trinajstić information content (AvgIpc) is 2.94. The summed E-state index contributed by atoms with van der Waals surface area (Å²) in [5.41, 5.74) is 1.96. The van der Waals surface area contributed by atoms with E-state index in [-0.39, 0.29) is 5.78 Å². The second-order valence-corrected chi connectivity index (χ2v) is 7.12. The van der Waals surface area contributed by atoms with E-state index in [1.54, 1.807) is 24.4 Å². The standard InChI is InChI=1S/C13H6BrCl2NOS/c14-11-1-6(5-19-11)13(18)8-4-17-10-3-7(15)2-9(16)12(8)10/h1-5,17H. The summed E-state index contributed by atoms with van der Waals surface area (Å²) >= 11 is 16.9. The zero-order chi connectivity index (χ0) is 13.6. The number of aromatic amines is 1. The van der Waals surface area contributed by atoms with Gasteiger partial charge in [0.25, 0.3) is 0 Å². The lowest BCUT2D eigenvalue weighted by Crippen LogP contribution is -1.98. The molecule has 0 aliphatic carbocycles. The molecule has 0 spiro atoms. The van der Waals surface area contributed by atoms with E-state index in [0.717, 1.165) is 9.30 Å². The third-order valence-electron chi connectivity index (χ3n) is 2.77. The molecule has 3 aromatic rings. The monoisotopic (exact) mass is 373 g/mol. The van der Waals surface area contributed by atoms with Crippen LogP contribution in [0, 0.1) is 0 Å². The second kappa shape index (κ2) is 4.94. The minimum Gasteiger partial charge on any atom is -0.360 e. The van der Waals surface area contributed by atoms with Gasteiger partial charge in [0.1, 0.15) is 0 Å². The van der Waals surface area contributed by atoms with E-state index >= 15 is 0 Å². The van der Waals surface area contributed by atoms with E-state index in [2.05, 4.69) is 20.9 Å².